The molecule has 0 aromatic heterocycles. The van der Waals surface area contributed by atoms with Gasteiger partial charge in [-0.3, -0.25) is 19.3 Å². The van der Waals surface area contributed by atoms with E-state index in [-0.39, 0.29) is 17.7 Å². The molecule has 0 atom stereocenters. The van der Waals surface area contributed by atoms with Crippen LogP contribution in [0.1, 0.15) is 57.8 Å². The molecule has 0 radical (unpaired) electrons. The molecule has 0 bridgehead atoms. The first-order chi connectivity index (χ1) is 9.61. The molecule has 0 unspecified atom stereocenters. The minimum Gasteiger partial charge on any atom is -0.370 e. The third-order valence-electron chi connectivity index (χ3n) is 3.46. The molecule has 0 fully saturated rings. The Hall–Kier alpha value is -1.65. The van der Waals surface area contributed by atoms with Crippen molar-refractivity contribution < 1.29 is 14.4 Å². The number of nitrogens with two attached hydrogens (primary N) is 1. The van der Waals surface area contributed by atoms with Gasteiger partial charge in [-0.2, -0.15) is 0 Å². The fourth-order valence-electron chi connectivity index (χ4n) is 2.28. The highest BCUT2D eigenvalue weighted by atomic mass is 16.2. The largest absolute Gasteiger partial charge is 0.370 e. The van der Waals surface area contributed by atoms with E-state index in [1.54, 1.807) is 0 Å². The molecular formula is C15H24N2O3. The van der Waals surface area contributed by atoms with Crippen LogP contribution in [0, 0.1) is 0 Å². The first-order valence-corrected chi connectivity index (χ1v) is 7.43. The highest BCUT2D eigenvalue weighted by molar-refractivity contribution is 6.12. The van der Waals surface area contributed by atoms with Gasteiger partial charge in [0.1, 0.15) is 0 Å². The van der Waals surface area contributed by atoms with Gasteiger partial charge in [0.25, 0.3) is 11.8 Å². The van der Waals surface area contributed by atoms with Gasteiger partial charge in [0.05, 0.1) is 0 Å². The highest BCUT2D eigenvalue weighted by Crippen LogP contribution is 2.11. The van der Waals surface area contributed by atoms with Crippen LogP contribution in [0.3, 0.4) is 0 Å². The standard InChI is InChI=1S/C15H24N2O3/c16-13(18)9-7-5-3-1-2-4-6-8-12-17-14(19)10-11-15(17)20/h10-11H,1-9,12H2,(H2,16,18). The van der Waals surface area contributed by atoms with E-state index in [1.165, 1.54) is 23.5 Å². The lowest BCUT2D eigenvalue weighted by molar-refractivity contribution is -0.136. The second kappa shape index (κ2) is 9.28. The number of primary amides is 1. The average Bonchev–Trinajstić information content (AvgIpc) is 2.71. The first-order valence-electron chi connectivity index (χ1n) is 7.43. The molecule has 20 heavy (non-hydrogen) atoms. The Bertz CT molecular complexity index is 359. The van der Waals surface area contributed by atoms with Crippen LogP contribution < -0.4 is 5.73 Å². The summed E-state index contributed by atoms with van der Waals surface area (Å²) in [5.41, 5.74) is 5.06. The summed E-state index contributed by atoms with van der Waals surface area (Å²) in [6.45, 7) is 0.531. The van der Waals surface area contributed by atoms with Crippen LogP contribution >= 0.6 is 0 Å². The summed E-state index contributed by atoms with van der Waals surface area (Å²) >= 11 is 0. The molecule has 1 heterocycles. The van der Waals surface area contributed by atoms with E-state index in [4.69, 9.17) is 5.73 Å². The molecule has 112 valence electrons. The molecule has 0 aromatic carbocycles. The third-order valence-corrected chi connectivity index (χ3v) is 3.46. The maximum absolute atomic E-state index is 11.3. The van der Waals surface area contributed by atoms with Crippen molar-refractivity contribution in [3.05, 3.63) is 12.2 Å². The number of rotatable bonds is 11. The van der Waals surface area contributed by atoms with Crippen LogP contribution in [0.4, 0.5) is 0 Å². The molecule has 0 saturated carbocycles. The molecule has 0 spiro atoms. The zero-order valence-corrected chi connectivity index (χ0v) is 12.0. The van der Waals surface area contributed by atoms with Crippen molar-refractivity contribution >= 4 is 17.7 Å². The van der Waals surface area contributed by atoms with Gasteiger partial charge in [-0.15, -0.1) is 0 Å². The van der Waals surface area contributed by atoms with Crippen LogP contribution in [-0.2, 0) is 14.4 Å². The molecule has 0 saturated heterocycles. The molecule has 1 aliphatic rings. The van der Waals surface area contributed by atoms with Gasteiger partial charge < -0.3 is 5.73 Å². The van der Waals surface area contributed by atoms with Gasteiger partial charge in [-0.25, -0.2) is 0 Å². The summed E-state index contributed by atoms with van der Waals surface area (Å²) < 4.78 is 0. The lowest BCUT2D eigenvalue weighted by atomic mass is 10.1. The Labute approximate surface area is 120 Å². The Morgan fingerprint density at radius 2 is 1.30 bits per heavy atom. The molecule has 5 heteroatoms. The topological polar surface area (TPSA) is 80.5 Å². The zero-order chi connectivity index (χ0) is 14.8. The minimum atomic E-state index is -0.217. The summed E-state index contributed by atoms with van der Waals surface area (Å²) in [6, 6.07) is 0. The highest BCUT2D eigenvalue weighted by Gasteiger charge is 2.21. The van der Waals surface area contributed by atoms with E-state index in [1.807, 2.05) is 0 Å². The van der Waals surface area contributed by atoms with Crippen molar-refractivity contribution in [3.8, 4) is 0 Å². The fourth-order valence-corrected chi connectivity index (χ4v) is 2.28. The Morgan fingerprint density at radius 3 is 1.80 bits per heavy atom. The number of imide groups is 1. The Balaban J connectivity index is 1.87. The number of nitrogens with zero attached hydrogens (tertiary/aromatic N) is 1. The van der Waals surface area contributed by atoms with Crippen LogP contribution in [-0.4, -0.2) is 29.2 Å². The van der Waals surface area contributed by atoms with E-state index < -0.39 is 0 Å². The van der Waals surface area contributed by atoms with Crippen molar-refractivity contribution in [3.63, 3.8) is 0 Å². The van der Waals surface area contributed by atoms with E-state index in [0.717, 1.165) is 44.9 Å². The Morgan fingerprint density at radius 1 is 0.850 bits per heavy atom. The second-order valence-electron chi connectivity index (χ2n) is 5.21. The van der Waals surface area contributed by atoms with Crippen LogP contribution in [0.5, 0.6) is 0 Å². The molecule has 3 amide bonds. The average molecular weight is 280 g/mol. The first kappa shape index (κ1) is 16.4. The van der Waals surface area contributed by atoms with E-state index in [9.17, 15) is 14.4 Å². The van der Waals surface area contributed by atoms with Crippen molar-refractivity contribution in [2.24, 2.45) is 5.73 Å². The van der Waals surface area contributed by atoms with Gasteiger partial charge in [0, 0.05) is 25.1 Å². The van der Waals surface area contributed by atoms with Crippen LogP contribution in [0.25, 0.3) is 0 Å². The van der Waals surface area contributed by atoms with Gasteiger partial charge in [0.15, 0.2) is 0 Å². The summed E-state index contributed by atoms with van der Waals surface area (Å²) in [5, 5.41) is 0. The number of hydrogen-bond donors (Lipinski definition) is 1. The monoisotopic (exact) mass is 280 g/mol. The lowest BCUT2D eigenvalue weighted by Crippen LogP contribution is -2.30. The number of hydrogen-bond acceptors (Lipinski definition) is 3. The molecular weight excluding hydrogens is 256 g/mol. The lowest BCUT2D eigenvalue weighted by Gasteiger charge is -2.12. The molecule has 5 nitrogen and oxygen atoms in total. The summed E-state index contributed by atoms with van der Waals surface area (Å²) in [7, 11) is 0. The van der Waals surface area contributed by atoms with E-state index in [0.29, 0.717) is 13.0 Å². The molecule has 1 rings (SSSR count). The van der Waals surface area contributed by atoms with E-state index in [2.05, 4.69) is 0 Å². The molecule has 0 aliphatic carbocycles. The van der Waals surface area contributed by atoms with Gasteiger partial charge in [0.2, 0.25) is 5.91 Å². The maximum atomic E-state index is 11.3. The number of carbonyl (C=O) groups excluding carboxylic acids is 3. The third kappa shape index (κ3) is 6.50. The van der Waals surface area contributed by atoms with Crippen molar-refractivity contribution in [1.82, 2.24) is 4.90 Å². The predicted octanol–water partition coefficient (Wildman–Crippen LogP) is 1.91. The van der Waals surface area contributed by atoms with Gasteiger partial charge in [-0.1, -0.05) is 38.5 Å². The van der Waals surface area contributed by atoms with Crippen molar-refractivity contribution in [2.75, 3.05) is 6.54 Å². The quantitative estimate of drug-likeness (QED) is 0.463. The second-order valence-corrected chi connectivity index (χ2v) is 5.21. The minimum absolute atomic E-state index is 0.190. The van der Waals surface area contributed by atoms with Crippen molar-refractivity contribution in [1.29, 1.82) is 0 Å². The summed E-state index contributed by atoms with van der Waals surface area (Å²) in [5.74, 6) is -0.598. The Kier molecular flexibility index (Phi) is 7.62. The maximum Gasteiger partial charge on any atom is 0.253 e. The summed E-state index contributed by atoms with van der Waals surface area (Å²) in [4.78, 5) is 34.4. The SMILES string of the molecule is NC(=O)CCCCCCCCCCN1C(=O)C=CC1=O. The number of carbonyl (C=O) groups is 3. The molecule has 0 aromatic rings. The van der Waals surface area contributed by atoms with Crippen molar-refractivity contribution in [2.45, 2.75) is 57.8 Å². The number of amides is 3. The molecule has 2 N–H and O–H groups in total. The summed E-state index contributed by atoms with van der Waals surface area (Å²) in [6.07, 6.45) is 11.6. The normalized spacial score (nSPS) is 14.3. The predicted molar refractivity (Wildman–Crippen MR) is 76.6 cm³/mol. The van der Waals surface area contributed by atoms with Crippen LogP contribution in [0.2, 0.25) is 0 Å². The zero-order valence-electron chi connectivity index (χ0n) is 12.0. The van der Waals surface area contributed by atoms with Gasteiger partial charge in [-0.05, 0) is 12.8 Å². The smallest absolute Gasteiger partial charge is 0.253 e. The fraction of sp³-hybridized carbons (Fsp3) is 0.667. The number of unbranched alkanes of at least 4 members (excludes halogenated alkanes) is 7. The van der Waals surface area contributed by atoms with E-state index >= 15 is 0 Å². The van der Waals surface area contributed by atoms with Crippen LogP contribution in [0.15, 0.2) is 12.2 Å². The molecule has 1 aliphatic heterocycles. The van der Waals surface area contributed by atoms with Gasteiger partial charge >= 0.3 is 0 Å².